The molecule has 0 heterocycles. The Morgan fingerprint density at radius 3 is 2.04 bits per heavy atom. The van der Waals surface area contributed by atoms with Crippen LogP contribution < -0.4 is 15.0 Å². The van der Waals surface area contributed by atoms with Crippen LogP contribution in [-0.2, 0) is 15.0 Å². The average Bonchev–Trinajstić information content (AvgIpc) is 2.61. The minimum Gasteiger partial charge on any atom is -0.481 e. The molecule has 0 fully saturated rings. The first-order valence-electron chi connectivity index (χ1n) is 9.00. The Hall–Kier alpha value is -2.82. The molecule has 1 N–H and O–H groups in total. The van der Waals surface area contributed by atoms with Crippen molar-refractivity contribution in [2.45, 2.75) is 46.1 Å². The zero-order valence-electron chi connectivity index (χ0n) is 16.9. The predicted molar refractivity (Wildman–Crippen MR) is 109 cm³/mol. The molecule has 0 spiro atoms. The van der Waals surface area contributed by atoms with Crippen LogP contribution in [0.1, 0.15) is 40.2 Å². The van der Waals surface area contributed by atoms with Crippen molar-refractivity contribution in [1.82, 2.24) is 0 Å². The van der Waals surface area contributed by atoms with Gasteiger partial charge in [0.25, 0.3) is 5.91 Å². The van der Waals surface area contributed by atoms with Gasteiger partial charge in [-0.1, -0.05) is 32.9 Å². The highest BCUT2D eigenvalue weighted by Crippen LogP contribution is 2.25. The van der Waals surface area contributed by atoms with Crippen LogP contribution in [0.4, 0.5) is 11.4 Å². The van der Waals surface area contributed by atoms with Crippen LogP contribution >= 0.6 is 0 Å². The van der Waals surface area contributed by atoms with E-state index in [1.54, 1.807) is 43.1 Å². The molecule has 144 valence electrons. The minimum absolute atomic E-state index is 0.0497. The molecule has 2 rings (SSSR count). The molecule has 1 atom stereocenters. The van der Waals surface area contributed by atoms with Gasteiger partial charge in [0.05, 0.1) is 0 Å². The zero-order chi connectivity index (χ0) is 20.2. The predicted octanol–water partition coefficient (Wildman–Crippen LogP) is 4.37. The van der Waals surface area contributed by atoms with Crippen LogP contribution in [0.25, 0.3) is 0 Å². The summed E-state index contributed by atoms with van der Waals surface area (Å²) in [6.45, 7) is 9.67. The lowest BCUT2D eigenvalue weighted by atomic mass is 9.87. The largest absolute Gasteiger partial charge is 0.481 e. The first-order chi connectivity index (χ1) is 12.6. The standard InChI is InChI=1S/C22H28N2O3/c1-15(27-20-13-7-17(8-14-20)22(3,4)5)21(26)23-18-9-11-19(12-10-18)24(6)16(2)25/h7-15H,1-6H3,(H,23,26). The van der Waals surface area contributed by atoms with Crippen molar-refractivity contribution in [3.8, 4) is 5.75 Å². The first kappa shape index (κ1) is 20.5. The SMILES string of the molecule is CC(=O)N(C)c1ccc(NC(=O)C(C)Oc2ccc(C(C)(C)C)cc2)cc1. The van der Waals surface area contributed by atoms with Gasteiger partial charge in [0, 0.05) is 25.3 Å². The van der Waals surface area contributed by atoms with Gasteiger partial charge in [0.1, 0.15) is 5.75 Å². The fourth-order valence-electron chi connectivity index (χ4n) is 2.49. The second-order valence-electron chi connectivity index (χ2n) is 7.65. The van der Waals surface area contributed by atoms with Gasteiger partial charge in [-0.05, 0) is 54.3 Å². The highest BCUT2D eigenvalue weighted by atomic mass is 16.5. The topological polar surface area (TPSA) is 58.6 Å². The molecule has 0 aliphatic rings. The summed E-state index contributed by atoms with van der Waals surface area (Å²) < 4.78 is 5.74. The van der Waals surface area contributed by atoms with E-state index in [-0.39, 0.29) is 17.2 Å². The molecule has 0 saturated carbocycles. The molecule has 0 saturated heterocycles. The van der Waals surface area contributed by atoms with Crippen molar-refractivity contribution >= 4 is 23.2 Å². The number of carbonyl (C=O) groups is 2. The van der Waals surface area contributed by atoms with Crippen molar-refractivity contribution in [3.05, 3.63) is 54.1 Å². The van der Waals surface area contributed by atoms with Gasteiger partial charge in [-0.15, -0.1) is 0 Å². The summed E-state index contributed by atoms with van der Waals surface area (Å²) in [5, 5.41) is 2.83. The molecule has 0 aliphatic heterocycles. The monoisotopic (exact) mass is 368 g/mol. The van der Waals surface area contributed by atoms with Gasteiger partial charge in [-0.3, -0.25) is 9.59 Å². The first-order valence-corrected chi connectivity index (χ1v) is 9.00. The Labute approximate surface area is 161 Å². The molecule has 1 unspecified atom stereocenters. The zero-order valence-corrected chi connectivity index (χ0v) is 16.9. The van der Waals surface area contributed by atoms with Gasteiger partial charge < -0.3 is 15.0 Å². The minimum atomic E-state index is -0.634. The summed E-state index contributed by atoms with van der Waals surface area (Å²) in [5.41, 5.74) is 2.70. The number of hydrogen-bond donors (Lipinski definition) is 1. The van der Waals surface area contributed by atoms with Crippen LogP contribution in [0, 0.1) is 0 Å². The molecule has 0 bridgehead atoms. The normalized spacial score (nSPS) is 12.2. The second kappa shape index (κ2) is 8.25. The Morgan fingerprint density at radius 1 is 1.00 bits per heavy atom. The maximum absolute atomic E-state index is 12.4. The number of nitrogens with zero attached hydrogens (tertiary/aromatic N) is 1. The number of nitrogens with one attached hydrogen (secondary N) is 1. The van der Waals surface area contributed by atoms with E-state index >= 15 is 0 Å². The molecule has 0 aliphatic carbocycles. The van der Waals surface area contributed by atoms with Gasteiger partial charge in [-0.2, -0.15) is 0 Å². The molecule has 2 aromatic rings. The lowest BCUT2D eigenvalue weighted by molar-refractivity contribution is -0.122. The van der Waals surface area contributed by atoms with Crippen molar-refractivity contribution in [2.24, 2.45) is 0 Å². The quantitative estimate of drug-likeness (QED) is 0.852. The molecule has 0 radical (unpaired) electrons. The highest BCUT2D eigenvalue weighted by Gasteiger charge is 2.17. The van der Waals surface area contributed by atoms with Gasteiger partial charge in [0.2, 0.25) is 5.91 Å². The maximum Gasteiger partial charge on any atom is 0.265 e. The van der Waals surface area contributed by atoms with Crippen molar-refractivity contribution in [3.63, 3.8) is 0 Å². The van der Waals surface area contributed by atoms with E-state index in [9.17, 15) is 9.59 Å². The lowest BCUT2D eigenvalue weighted by Gasteiger charge is -2.20. The summed E-state index contributed by atoms with van der Waals surface area (Å²) >= 11 is 0. The summed E-state index contributed by atoms with van der Waals surface area (Å²) in [6, 6.07) is 14.9. The van der Waals surface area contributed by atoms with E-state index < -0.39 is 6.10 Å². The van der Waals surface area contributed by atoms with Gasteiger partial charge in [-0.25, -0.2) is 0 Å². The number of benzene rings is 2. The number of ether oxygens (including phenoxy) is 1. The van der Waals surface area contributed by atoms with Crippen LogP contribution in [-0.4, -0.2) is 25.0 Å². The third-order valence-electron chi connectivity index (χ3n) is 4.40. The summed E-state index contributed by atoms with van der Waals surface area (Å²) in [4.78, 5) is 25.3. The smallest absolute Gasteiger partial charge is 0.265 e. The molecule has 5 nitrogen and oxygen atoms in total. The molecule has 2 aromatic carbocycles. The Bertz CT molecular complexity index is 790. The fourth-order valence-corrected chi connectivity index (χ4v) is 2.49. The fraction of sp³-hybridized carbons (Fsp3) is 0.364. The summed E-state index contributed by atoms with van der Waals surface area (Å²) in [6.07, 6.45) is -0.634. The lowest BCUT2D eigenvalue weighted by Crippen LogP contribution is -2.30. The van der Waals surface area contributed by atoms with Crippen molar-refractivity contribution in [2.75, 3.05) is 17.3 Å². The summed E-state index contributed by atoms with van der Waals surface area (Å²) in [7, 11) is 1.71. The van der Waals surface area contributed by atoms with Crippen molar-refractivity contribution in [1.29, 1.82) is 0 Å². The van der Waals surface area contributed by atoms with Gasteiger partial charge in [0.15, 0.2) is 6.10 Å². The van der Waals surface area contributed by atoms with Gasteiger partial charge >= 0.3 is 0 Å². The van der Waals surface area contributed by atoms with E-state index in [1.165, 1.54) is 12.5 Å². The van der Waals surface area contributed by atoms with E-state index in [2.05, 4.69) is 26.1 Å². The maximum atomic E-state index is 12.4. The van der Waals surface area contributed by atoms with E-state index in [1.807, 2.05) is 24.3 Å². The Kier molecular flexibility index (Phi) is 6.26. The van der Waals surface area contributed by atoms with Crippen LogP contribution in [0.15, 0.2) is 48.5 Å². The number of rotatable bonds is 5. The Morgan fingerprint density at radius 2 is 1.56 bits per heavy atom. The number of hydrogen-bond acceptors (Lipinski definition) is 3. The highest BCUT2D eigenvalue weighted by molar-refractivity contribution is 5.95. The van der Waals surface area contributed by atoms with E-state index in [0.29, 0.717) is 11.4 Å². The number of carbonyl (C=O) groups excluding carboxylic acids is 2. The second-order valence-corrected chi connectivity index (χ2v) is 7.65. The van der Waals surface area contributed by atoms with Crippen molar-refractivity contribution < 1.29 is 14.3 Å². The van der Waals surface area contributed by atoms with Crippen LogP contribution in [0.2, 0.25) is 0 Å². The molecule has 27 heavy (non-hydrogen) atoms. The molecule has 2 amide bonds. The third kappa shape index (κ3) is 5.58. The third-order valence-corrected chi connectivity index (χ3v) is 4.40. The molecule has 5 heteroatoms. The molecular formula is C22H28N2O3. The number of amides is 2. The molecule has 0 aromatic heterocycles. The van der Waals surface area contributed by atoms with E-state index in [0.717, 1.165) is 5.69 Å². The van der Waals surface area contributed by atoms with E-state index in [4.69, 9.17) is 4.74 Å². The number of anilines is 2. The molecular weight excluding hydrogens is 340 g/mol. The Balaban J connectivity index is 1.96. The van der Waals surface area contributed by atoms with Crippen LogP contribution in [0.3, 0.4) is 0 Å². The summed E-state index contributed by atoms with van der Waals surface area (Å²) in [5.74, 6) is 0.373. The average molecular weight is 368 g/mol. The van der Waals surface area contributed by atoms with Crippen LogP contribution in [0.5, 0.6) is 5.75 Å².